The van der Waals surface area contributed by atoms with Crippen LogP contribution in [0.1, 0.15) is 23.1 Å². The van der Waals surface area contributed by atoms with Gasteiger partial charge >= 0.3 is 0 Å². The van der Waals surface area contributed by atoms with Gasteiger partial charge in [0.25, 0.3) is 0 Å². The van der Waals surface area contributed by atoms with Crippen molar-refractivity contribution in [1.82, 2.24) is 4.90 Å². The molecule has 0 spiro atoms. The maximum Gasteiger partial charge on any atom is 0.227 e. The lowest BCUT2D eigenvalue weighted by atomic mass is 10.1. The molecule has 0 aliphatic heterocycles. The predicted molar refractivity (Wildman–Crippen MR) is 103 cm³/mol. The summed E-state index contributed by atoms with van der Waals surface area (Å²) in [6.45, 7) is 3.76. The molecular formula is C21H23NO3S. The van der Waals surface area contributed by atoms with Crippen molar-refractivity contribution in [3.8, 4) is 5.75 Å². The minimum Gasteiger partial charge on any atom is -0.494 e. The summed E-state index contributed by atoms with van der Waals surface area (Å²) in [5.74, 6) is 1.73. The Morgan fingerprint density at radius 1 is 1.15 bits per heavy atom. The number of thiophene rings is 1. The first-order chi connectivity index (χ1) is 12.7. The monoisotopic (exact) mass is 369 g/mol. The van der Waals surface area contributed by atoms with Crippen molar-refractivity contribution in [1.29, 1.82) is 0 Å². The van der Waals surface area contributed by atoms with Gasteiger partial charge in [-0.3, -0.25) is 4.79 Å². The molecule has 0 saturated carbocycles. The number of nitrogens with zero attached hydrogens (tertiary/aromatic N) is 1. The molecule has 4 nitrogen and oxygen atoms in total. The van der Waals surface area contributed by atoms with Crippen LogP contribution in [0.5, 0.6) is 5.75 Å². The summed E-state index contributed by atoms with van der Waals surface area (Å²) in [6, 6.07) is 15.6. The Labute approximate surface area is 158 Å². The summed E-state index contributed by atoms with van der Waals surface area (Å²) in [7, 11) is 0. The molecule has 26 heavy (non-hydrogen) atoms. The van der Waals surface area contributed by atoms with Gasteiger partial charge in [0.1, 0.15) is 11.5 Å². The minimum absolute atomic E-state index is 0.0992. The van der Waals surface area contributed by atoms with Crippen LogP contribution >= 0.6 is 11.3 Å². The van der Waals surface area contributed by atoms with Gasteiger partial charge in [0, 0.05) is 11.4 Å². The Morgan fingerprint density at radius 3 is 2.65 bits per heavy atom. The first-order valence-electron chi connectivity index (χ1n) is 8.79. The number of amides is 1. The molecule has 0 aliphatic rings. The van der Waals surface area contributed by atoms with Gasteiger partial charge in [-0.25, -0.2) is 0 Å². The molecule has 0 atom stereocenters. The van der Waals surface area contributed by atoms with Gasteiger partial charge in [-0.2, -0.15) is 0 Å². The lowest BCUT2D eigenvalue weighted by molar-refractivity contribution is -0.131. The van der Waals surface area contributed by atoms with Gasteiger partial charge in [0.15, 0.2) is 0 Å². The Balaban J connectivity index is 1.64. The van der Waals surface area contributed by atoms with E-state index in [-0.39, 0.29) is 5.91 Å². The van der Waals surface area contributed by atoms with E-state index in [1.165, 1.54) is 4.88 Å². The van der Waals surface area contributed by atoms with Crippen molar-refractivity contribution in [3.63, 3.8) is 0 Å². The molecule has 0 aliphatic carbocycles. The highest BCUT2D eigenvalue weighted by atomic mass is 32.1. The standard InChI is InChI=1S/C21H23NO3S/c1-2-24-18-9-7-17(8-10-18)15-21(23)22(16-19-5-3-13-25-19)12-11-20-6-4-14-26-20/h3-10,13-14H,2,11-12,15-16H2,1H3. The fourth-order valence-electron chi connectivity index (χ4n) is 2.74. The topological polar surface area (TPSA) is 42.7 Å². The zero-order valence-electron chi connectivity index (χ0n) is 14.9. The second-order valence-electron chi connectivity index (χ2n) is 5.98. The summed E-state index contributed by atoms with van der Waals surface area (Å²) >= 11 is 1.72. The van der Waals surface area contributed by atoms with Gasteiger partial charge in [0.2, 0.25) is 5.91 Å². The molecule has 136 valence electrons. The maximum absolute atomic E-state index is 12.9. The van der Waals surface area contributed by atoms with Crippen molar-refractivity contribution >= 4 is 17.2 Å². The fourth-order valence-corrected chi connectivity index (χ4v) is 3.44. The Kier molecular flexibility index (Phi) is 6.50. The third-order valence-corrected chi connectivity index (χ3v) is 5.01. The van der Waals surface area contributed by atoms with Crippen LogP contribution in [0.25, 0.3) is 0 Å². The first-order valence-corrected chi connectivity index (χ1v) is 9.67. The van der Waals surface area contributed by atoms with E-state index in [2.05, 4.69) is 11.4 Å². The molecule has 0 radical (unpaired) electrons. The van der Waals surface area contributed by atoms with Crippen molar-refractivity contribution in [3.05, 3.63) is 76.4 Å². The summed E-state index contributed by atoms with van der Waals surface area (Å²) in [5, 5.41) is 2.06. The molecule has 1 aromatic carbocycles. The number of hydrogen-bond donors (Lipinski definition) is 0. The van der Waals surface area contributed by atoms with Crippen LogP contribution in [0.4, 0.5) is 0 Å². The molecule has 1 amide bonds. The van der Waals surface area contributed by atoms with Gasteiger partial charge < -0.3 is 14.1 Å². The number of benzene rings is 1. The van der Waals surface area contributed by atoms with E-state index in [0.717, 1.165) is 23.5 Å². The zero-order valence-corrected chi connectivity index (χ0v) is 15.7. The largest absolute Gasteiger partial charge is 0.494 e. The van der Waals surface area contributed by atoms with E-state index < -0.39 is 0 Å². The molecule has 0 unspecified atom stereocenters. The molecule has 3 rings (SSSR count). The average molecular weight is 369 g/mol. The van der Waals surface area contributed by atoms with Crippen LogP contribution in [0.15, 0.2) is 64.6 Å². The van der Waals surface area contributed by atoms with Gasteiger partial charge in [0.05, 0.1) is 25.8 Å². The lowest BCUT2D eigenvalue weighted by Gasteiger charge is -2.21. The molecule has 0 N–H and O–H groups in total. The van der Waals surface area contributed by atoms with E-state index in [9.17, 15) is 4.79 Å². The Morgan fingerprint density at radius 2 is 2.00 bits per heavy atom. The van der Waals surface area contributed by atoms with E-state index in [1.807, 2.05) is 54.3 Å². The number of hydrogen-bond acceptors (Lipinski definition) is 4. The molecule has 2 aromatic heterocycles. The van der Waals surface area contributed by atoms with E-state index in [4.69, 9.17) is 9.15 Å². The van der Waals surface area contributed by atoms with Crippen molar-refractivity contribution in [2.24, 2.45) is 0 Å². The number of furan rings is 1. The third kappa shape index (κ3) is 5.23. The first kappa shape index (κ1) is 18.3. The summed E-state index contributed by atoms with van der Waals surface area (Å²) in [6.07, 6.45) is 2.87. The van der Waals surface area contributed by atoms with E-state index >= 15 is 0 Å². The van der Waals surface area contributed by atoms with Crippen LogP contribution in [0, 0.1) is 0 Å². The lowest BCUT2D eigenvalue weighted by Crippen LogP contribution is -2.33. The Bertz CT molecular complexity index is 779. The van der Waals surface area contributed by atoms with Crippen LogP contribution < -0.4 is 4.74 Å². The molecule has 2 heterocycles. The van der Waals surface area contributed by atoms with Crippen LogP contribution in [-0.2, 0) is 24.2 Å². The summed E-state index contributed by atoms with van der Waals surface area (Å²) < 4.78 is 10.9. The van der Waals surface area contributed by atoms with Gasteiger partial charge in [-0.15, -0.1) is 11.3 Å². The highest BCUT2D eigenvalue weighted by Crippen LogP contribution is 2.16. The molecule has 3 aromatic rings. The number of ether oxygens (including phenoxy) is 1. The van der Waals surface area contributed by atoms with Crippen molar-refractivity contribution in [2.75, 3.05) is 13.2 Å². The van der Waals surface area contributed by atoms with Crippen LogP contribution in [0.2, 0.25) is 0 Å². The van der Waals surface area contributed by atoms with Crippen molar-refractivity contribution in [2.45, 2.75) is 26.3 Å². The maximum atomic E-state index is 12.9. The van der Waals surface area contributed by atoms with E-state index in [0.29, 0.717) is 26.1 Å². The minimum atomic E-state index is 0.0992. The number of carbonyl (C=O) groups excluding carboxylic acids is 1. The highest BCUT2D eigenvalue weighted by Gasteiger charge is 2.16. The molecular weight excluding hydrogens is 346 g/mol. The number of rotatable bonds is 9. The SMILES string of the molecule is CCOc1ccc(CC(=O)N(CCc2cccs2)Cc2ccco2)cc1. The van der Waals surface area contributed by atoms with E-state index in [1.54, 1.807) is 17.6 Å². The van der Waals surface area contributed by atoms with Crippen LogP contribution in [0.3, 0.4) is 0 Å². The van der Waals surface area contributed by atoms with Gasteiger partial charge in [-0.05, 0) is 54.6 Å². The smallest absolute Gasteiger partial charge is 0.227 e. The zero-order chi connectivity index (χ0) is 18.2. The normalized spacial score (nSPS) is 10.7. The molecule has 0 fully saturated rings. The van der Waals surface area contributed by atoms with Crippen LogP contribution in [-0.4, -0.2) is 24.0 Å². The van der Waals surface area contributed by atoms with Crippen molar-refractivity contribution < 1.29 is 13.9 Å². The average Bonchev–Trinajstić information content (AvgIpc) is 3.34. The quantitative estimate of drug-likeness (QED) is 0.555. The highest BCUT2D eigenvalue weighted by molar-refractivity contribution is 7.09. The number of carbonyl (C=O) groups is 1. The second kappa shape index (κ2) is 9.25. The Hall–Kier alpha value is -2.53. The molecule has 5 heteroatoms. The predicted octanol–water partition coefficient (Wildman–Crippen LogP) is 4.55. The fraction of sp³-hybridized carbons (Fsp3) is 0.286. The molecule has 0 bridgehead atoms. The van der Waals surface area contributed by atoms with Gasteiger partial charge in [-0.1, -0.05) is 18.2 Å². The molecule has 0 saturated heterocycles. The summed E-state index contributed by atoms with van der Waals surface area (Å²) in [4.78, 5) is 16.0. The summed E-state index contributed by atoms with van der Waals surface area (Å²) in [5.41, 5.74) is 0.985. The third-order valence-electron chi connectivity index (χ3n) is 4.08. The second-order valence-corrected chi connectivity index (χ2v) is 7.01.